The molecule has 1 saturated heterocycles. The molecule has 6 heteroatoms. The van der Waals surface area contributed by atoms with E-state index < -0.39 is 10.8 Å². The van der Waals surface area contributed by atoms with E-state index in [0.717, 1.165) is 5.69 Å². The minimum atomic E-state index is -0.829. The second kappa shape index (κ2) is 6.44. The number of benzene rings is 1. The minimum absolute atomic E-state index is 0.0490. The van der Waals surface area contributed by atoms with Crippen molar-refractivity contribution < 1.29 is 9.00 Å². The van der Waals surface area contributed by atoms with Crippen LogP contribution in [0.2, 0.25) is 0 Å². The van der Waals surface area contributed by atoms with Gasteiger partial charge in [0.05, 0.1) is 11.9 Å². The zero-order valence-electron chi connectivity index (χ0n) is 12.5. The number of amides is 1. The average Bonchev–Trinajstić information content (AvgIpc) is 2.94. The SMILES string of the molecule is C[C@H]1CN(C(=O)c2ccnn2-c2ccccc2)CC[S@@](=O)C1. The van der Waals surface area contributed by atoms with Crippen LogP contribution in [0.25, 0.3) is 5.69 Å². The first kappa shape index (κ1) is 15.0. The Morgan fingerprint density at radius 2 is 2.05 bits per heavy atom. The fourth-order valence-electron chi connectivity index (χ4n) is 2.72. The second-order valence-electron chi connectivity index (χ2n) is 5.63. The predicted octanol–water partition coefficient (Wildman–Crippen LogP) is 1.71. The highest BCUT2D eigenvalue weighted by atomic mass is 32.2. The van der Waals surface area contributed by atoms with Crippen LogP contribution in [-0.2, 0) is 10.8 Å². The van der Waals surface area contributed by atoms with E-state index in [1.807, 2.05) is 37.3 Å². The highest BCUT2D eigenvalue weighted by Crippen LogP contribution is 2.15. The Hall–Kier alpha value is -1.95. The number of carbonyl (C=O) groups is 1. The summed E-state index contributed by atoms with van der Waals surface area (Å²) in [5.74, 6) is 1.42. The molecule has 0 aliphatic carbocycles. The summed E-state index contributed by atoms with van der Waals surface area (Å²) >= 11 is 0. The molecule has 116 valence electrons. The molecule has 1 aliphatic rings. The number of nitrogens with zero attached hydrogens (tertiary/aromatic N) is 3. The first-order chi connectivity index (χ1) is 10.6. The Kier molecular flexibility index (Phi) is 4.38. The number of hydrogen-bond donors (Lipinski definition) is 0. The first-order valence-electron chi connectivity index (χ1n) is 7.39. The number of carbonyl (C=O) groups excluding carboxylic acids is 1. The van der Waals surface area contributed by atoms with Gasteiger partial charge in [0.2, 0.25) is 0 Å². The first-order valence-corrected chi connectivity index (χ1v) is 8.87. The van der Waals surface area contributed by atoms with E-state index in [0.29, 0.717) is 30.3 Å². The average molecular weight is 317 g/mol. The van der Waals surface area contributed by atoms with E-state index in [-0.39, 0.29) is 11.8 Å². The monoisotopic (exact) mass is 317 g/mol. The fraction of sp³-hybridized carbons (Fsp3) is 0.375. The van der Waals surface area contributed by atoms with Gasteiger partial charge in [-0.2, -0.15) is 5.10 Å². The topological polar surface area (TPSA) is 55.2 Å². The Morgan fingerprint density at radius 3 is 2.82 bits per heavy atom. The Balaban J connectivity index is 1.87. The van der Waals surface area contributed by atoms with E-state index in [1.54, 1.807) is 21.8 Å². The van der Waals surface area contributed by atoms with Gasteiger partial charge < -0.3 is 4.90 Å². The third kappa shape index (κ3) is 3.11. The van der Waals surface area contributed by atoms with Crippen molar-refractivity contribution in [3.63, 3.8) is 0 Å². The normalized spacial score (nSPS) is 22.3. The van der Waals surface area contributed by atoms with Crippen molar-refractivity contribution in [2.75, 3.05) is 24.6 Å². The summed E-state index contributed by atoms with van der Waals surface area (Å²) in [6.45, 7) is 3.22. The summed E-state index contributed by atoms with van der Waals surface area (Å²) in [6.07, 6.45) is 1.64. The van der Waals surface area contributed by atoms with E-state index >= 15 is 0 Å². The van der Waals surface area contributed by atoms with Gasteiger partial charge in [-0.1, -0.05) is 25.1 Å². The van der Waals surface area contributed by atoms with Crippen molar-refractivity contribution in [1.29, 1.82) is 0 Å². The molecule has 0 radical (unpaired) electrons. The second-order valence-corrected chi connectivity index (χ2v) is 7.25. The van der Waals surface area contributed by atoms with Crippen LogP contribution < -0.4 is 0 Å². The molecular weight excluding hydrogens is 298 g/mol. The lowest BCUT2D eigenvalue weighted by molar-refractivity contribution is 0.0742. The number of rotatable bonds is 2. The molecule has 0 saturated carbocycles. The molecule has 1 aromatic carbocycles. The Morgan fingerprint density at radius 1 is 1.27 bits per heavy atom. The highest BCUT2D eigenvalue weighted by Gasteiger charge is 2.25. The quantitative estimate of drug-likeness (QED) is 0.847. The van der Waals surface area contributed by atoms with Gasteiger partial charge in [-0.05, 0) is 24.1 Å². The molecular formula is C16H19N3O2S. The van der Waals surface area contributed by atoms with Gasteiger partial charge in [-0.3, -0.25) is 9.00 Å². The van der Waals surface area contributed by atoms with E-state index in [2.05, 4.69) is 5.10 Å². The van der Waals surface area contributed by atoms with Crippen LogP contribution in [0.5, 0.6) is 0 Å². The van der Waals surface area contributed by atoms with Crippen LogP contribution in [0.1, 0.15) is 17.4 Å². The molecule has 0 spiro atoms. The lowest BCUT2D eigenvalue weighted by Gasteiger charge is -2.22. The Labute approximate surface area is 132 Å². The Bertz CT molecular complexity index is 684. The van der Waals surface area contributed by atoms with Crippen LogP contribution in [-0.4, -0.2) is 49.4 Å². The molecule has 1 fully saturated rings. The molecule has 5 nitrogen and oxygen atoms in total. The van der Waals surface area contributed by atoms with Crippen molar-refractivity contribution in [2.45, 2.75) is 6.92 Å². The molecule has 22 heavy (non-hydrogen) atoms. The van der Waals surface area contributed by atoms with E-state index in [4.69, 9.17) is 0 Å². The molecule has 2 heterocycles. The maximum atomic E-state index is 12.8. The molecule has 1 aromatic heterocycles. The fourth-order valence-corrected chi connectivity index (χ4v) is 4.05. The lowest BCUT2D eigenvalue weighted by atomic mass is 10.2. The lowest BCUT2D eigenvalue weighted by Crippen LogP contribution is -2.36. The molecule has 2 aromatic rings. The zero-order valence-corrected chi connectivity index (χ0v) is 13.3. The van der Waals surface area contributed by atoms with Gasteiger partial charge in [0.15, 0.2) is 0 Å². The van der Waals surface area contributed by atoms with Gasteiger partial charge in [-0.15, -0.1) is 0 Å². The zero-order chi connectivity index (χ0) is 15.5. The molecule has 0 bridgehead atoms. The number of aromatic nitrogens is 2. The molecule has 1 amide bonds. The van der Waals surface area contributed by atoms with Crippen molar-refractivity contribution in [2.24, 2.45) is 5.92 Å². The predicted molar refractivity (Wildman–Crippen MR) is 86.5 cm³/mol. The summed E-state index contributed by atoms with van der Waals surface area (Å²) in [7, 11) is -0.829. The number of hydrogen-bond acceptors (Lipinski definition) is 3. The third-order valence-electron chi connectivity index (χ3n) is 3.74. The largest absolute Gasteiger partial charge is 0.336 e. The van der Waals surface area contributed by atoms with Crippen molar-refractivity contribution >= 4 is 16.7 Å². The molecule has 2 atom stereocenters. The van der Waals surface area contributed by atoms with Gasteiger partial charge in [-0.25, -0.2) is 4.68 Å². The van der Waals surface area contributed by atoms with Crippen LogP contribution in [0, 0.1) is 5.92 Å². The van der Waals surface area contributed by atoms with E-state index in [9.17, 15) is 9.00 Å². The number of para-hydroxylation sites is 1. The summed E-state index contributed by atoms with van der Waals surface area (Å²) in [5, 5.41) is 4.27. The molecule has 3 rings (SSSR count). The van der Waals surface area contributed by atoms with Crippen LogP contribution in [0.15, 0.2) is 42.6 Å². The van der Waals surface area contributed by atoms with Crippen LogP contribution >= 0.6 is 0 Å². The minimum Gasteiger partial charge on any atom is -0.336 e. The van der Waals surface area contributed by atoms with Gasteiger partial charge in [0.25, 0.3) is 5.91 Å². The highest BCUT2D eigenvalue weighted by molar-refractivity contribution is 7.85. The van der Waals surface area contributed by atoms with Gasteiger partial charge in [0.1, 0.15) is 5.69 Å². The van der Waals surface area contributed by atoms with Crippen molar-refractivity contribution in [1.82, 2.24) is 14.7 Å². The summed E-state index contributed by atoms with van der Waals surface area (Å²) in [5.41, 5.74) is 1.41. The molecule has 1 aliphatic heterocycles. The van der Waals surface area contributed by atoms with Crippen LogP contribution in [0.3, 0.4) is 0 Å². The van der Waals surface area contributed by atoms with Gasteiger partial charge in [0, 0.05) is 35.4 Å². The third-order valence-corrected chi connectivity index (χ3v) is 5.32. The summed E-state index contributed by atoms with van der Waals surface area (Å²) < 4.78 is 13.5. The standard InChI is InChI=1S/C16H19N3O2S/c1-13-11-18(9-10-22(21)12-13)16(20)15-7-8-17-19(15)14-5-3-2-4-6-14/h2-8,13H,9-12H2,1H3/t13-,22+/m0/s1. The molecule has 0 N–H and O–H groups in total. The van der Waals surface area contributed by atoms with E-state index in [1.165, 1.54) is 0 Å². The molecule has 0 unspecified atom stereocenters. The summed E-state index contributed by atoms with van der Waals surface area (Å²) in [4.78, 5) is 14.6. The van der Waals surface area contributed by atoms with Crippen molar-refractivity contribution in [3.8, 4) is 5.69 Å². The van der Waals surface area contributed by atoms with Crippen molar-refractivity contribution in [3.05, 3.63) is 48.3 Å². The summed E-state index contributed by atoms with van der Waals surface area (Å²) in [6, 6.07) is 11.3. The van der Waals surface area contributed by atoms with Gasteiger partial charge >= 0.3 is 0 Å². The smallest absolute Gasteiger partial charge is 0.272 e. The van der Waals surface area contributed by atoms with Crippen LogP contribution in [0.4, 0.5) is 0 Å². The maximum Gasteiger partial charge on any atom is 0.272 e. The maximum absolute atomic E-state index is 12.8.